The maximum absolute atomic E-state index is 9.16. The highest BCUT2D eigenvalue weighted by atomic mass is 32.2. The lowest BCUT2D eigenvalue weighted by molar-refractivity contribution is 0.742. The van der Waals surface area contributed by atoms with Gasteiger partial charge in [-0.1, -0.05) is 17.8 Å². The summed E-state index contributed by atoms with van der Waals surface area (Å²) in [6.07, 6.45) is 0. The van der Waals surface area contributed by atoms with Crippen LogP contribution in [0.3, 0.4) is 0 Å². The Labute approximate surface area is 107 Å². The fourth-order valence-electron chi connectivity index (χ4n) is 1.74. The van der Waals surface area contributed by atoms with E-state index in [1.165, 1.54) is 11.3 Å². The molecule has 2 atom stereocenters. The SMILES string of the molecule is N#CC1=C(N)SC(=N)[C@H](C#N)[C@H]1c1cccs1. The highest BCUT2D eigenvalue weighted by Gasteiger charge is 2.37. The van der Waals surface area contributed by atoms with Crippen LogP contribution in [0.15, 0.2) is 28.1 Å². The molecule has 4 nitrogen and oxygen atoms in total. The summed E-state index contributed by atoms with van der Waals surface area (Å²) >= 11 is 2.48. The summed E-state index contributed by atoms with van der Waals surface area (Å²) < 4.78 is 0. The maximum Gasteiger partial charge on any atom is 0.107 e. The fourth-order valence-corrected chi connectivity index (χ4v) is 3.45. The molecule has 1 aromatic rings. The highest BCUT2D eigenvalue weighted by molar-refractivity contribution is 8.17. The van der Waals surface area contributed by atoms with Crippen molar-refractivity contribution in [1.82, 2.24) is 0 Å². The van der Waals surface area contributed by atoms with Gasteiger partial charge in [-0.15, -0.1) is 11.3 Å². The third-order valence-corrected chi connectivity index (χ3v) is 4.39. The second-order valence-electron chi connectivity index (χ2n) is 3.46. The Bertz CT molecular complexity index is 559. The first-order chi connectivity index (χ1) is 8.19. The molecule has 0 bridgehead atoms. The highest BCUT2D eigenvalue weighted by Crippen LogP contribution is 2.43. The predicted octanol–water partition coefficient (Wildman–Crippen LogP) is 2.39. The molecule has 6 heteroatoms. The second kappa shape index (κ2) is 4.62. The van der Waals surface area contributed by atoms with Crippen LogP contribution < -0.4 is 5.73 Å². The van der Waals surface area contributed by atoms with Crippen molar-refractivity contribution in [1.29, 1.82) is 15.9 Å². The molecule has 0 saturated carbocycles. The summed E-state index contributed by atoms with van der Waals surface area (Å²) in [7, 11) is 0. The molecule has 0 radical (unpaired) electrons. The number of allylic oxidation sites excluding steroid dienone is 1. The van der Waals surface area contributed by atoms with Gasteiger partial charge in [0.15, 0.2) is 0 Å². The Morgan fingerprint density at radius 1 is 1.41 bits per heavy atom. The van der Waals surface area contributed by atoms with Gasteiger partial charge in [0.25, 0.3) is 0 Å². The van der Waals surface area contributed by atoms with Crippen LogP contribution in [0.25, 0.3) is 0 Å². The summed E-state index contributed by atoms with van der Waals surface area (Å²) in [6, 6.07) is 7.90. The molecule has 0 fully saturated rings. The zero-order chi connectivity index (χ0) is 12.4. The van der Waals surface area contributed by atoms with Crippen LogP contribution in [0.2, 0.25) is 0 Å². The van der Waals surface area contributed by atoms with Crippen molar-refractivity contribution in [2.45, 2.75) is 5.92 Å². The molecule has 2 rings (SSSR count). The third kappa shape index (κ3) is 1.93. The Hall–Kier alpha value is -1.76. The molecule has 1 aliphatic heterocycles. The molecule has 0 aromatic carbocycles. The van der Waals surface area contributed by atoms with E-state index in [-0.39, 0.29) is 5.04 Å². The van der Waals surface area contributed by atoms with Gasteiger partial charge in [0.05, 0.1) is 33.7 Å². The minimum Gasteiger partial charge on any atom is -0.392 e. The van der Waals surface area contributed by atoms with E-state index in [1.807, 2.05) is 17.5 Å². The first-order valence-electron chi connectivity index (χ1n) is 4.78. The Balaban J connectivity index is 2.57. The van der Waals surface area contributed by atoms with E-state index in [0.29, 0.717) is 10.6 Å². The topological polar surface area (TPSA) is 97.4 Å². The number of nitrogens with zero attached hydrogens (tertiary/aromatic N) is 2. The van der Waals surface area contributed by atoms with E-state index in [4.69, 9.17) is 21.7 Å². The normalized spacial score (nSPS) is 24.2. The molecule has 2 heterocycles. The van der Waals surface area contributed by atoms with Gasteiger partial charge in [0.1, 0.15) is 5.92 Å². The van der Waals surface area contributed by atoms with Gasteiger partial charge in [-0.25, -0.2) is 0 Å². The summed E-state index contributed by atoms with van der Waals surface area (Å²) in [5.41, 5.74) is 6.17. The van der Waals surface area contributed by atoms with Gasteiger partial charge in [-0.3, -0.25) is 5.41 Å². The minimum absolute atomic E-state index is 0.211. The third-order valence-electron chi connectivity index (χ3n) is 2.52. The number of rotatable bonds is 1. The largest absolute Gasteiger partial charge is 0.392 e. The zero-order valence-electron chi connectivity index (χ0n) is 8.68. The molecule has 3 N–H and O–H groups in total. The van der Waals surface area contributed by atoms with Gasteiger partial charge in [-0.2, -0.15) is 10.5 Å². The lowest BCUT2D eigenvalue weighted by Crippen LogP contribution is -2.26. The Morgan fingerprint density at radius 2 is 2.18 bits per heavy atom. The predicted molar refractivity (Wildman–Crippen MR) is 68.3 cm³/mol. The van der Waals surface area contributed by atoms with Crippen LogP contribution in [0.5, 0.6) is 0 Å². The molecule has 0 aliphatic carbocycles. The monoisotopic (exact) mass is 260 g/mol. The fraction of sp³-hybridized carbons (Fsp3) is 0.182. The molecule has 17 heavy (non-hydrogen) atoms. The van der Waals surface area contributed by atoms with E-state index >= 15 is 0 Å². The molecule has 0 saturated heterocycles. The standard InChI is InChI=1S/C11H8N4S2/c12-4-6-9(8-2-1-3-16-8)7(5-13)11(15)17-10(6)14/h1-3,6,9,14H,15H2/t6-,9-/m1/s1. The van der Waals surface area contributed by atoms with Crippen LogP contribution in [-0.4, -0.2) is 5.04 Å². The van der Waals surface area contributed by atoms with Gasteiger partial charge in [0.2, 0.25) is 0 Å². The Kier molecular flexibility index (Phi) is 3.19. The smallest absolute Gasteiger partial charge is 0.107 e. The van der Waals surface area contributed by atoms with Gasteiger partial charge < -0.3 is 5.73 Å². The molecule has 84 valence electrons. The van der Waals surface area contributed by atoms with Crippen molar-refractivity contribution < 1.29 is 0 Å². The van der Waals surface area contributed by atoms with E-state index in [2.05, 4.69) is 12.1 Å². The van der Waals surface area contributed by atoms with E-state index in [9.17, 15) is 0 Å². The molecule has 1 aromatic heterocycles. The molecule has 1 aliphatic rings. The average Bonchev–Trinajstić information content (AvgIpc) is 2.81. The summed E-state index contributed by atoms with van der Waals surface area (Å²) in [5, 5.41) is 28.5. The van der Waals surface area contributed by atoms with E-state index in [0.717, 1.165) is 16.6 Å². The number of nitriles is 2. The molecule has 0 unspecified atom stereocenters. The van der Waals surface area contributed by atoms with Crippen LogP contribution in [0, 0.1) is 34.0 Å². The van der Waals surface area contributed by atoms with Crippen molar-refractivity contribution in [3.63, 3.8) is 0 Å². The van der Waals surface area contributed by atoms with Crippen LogP contribution in [0.4, 0.5) is 0 Å². The van der Waals surface area contributed by atoms with Crippen molar-refractivity contribution in [3.05, 3.63) is 33.0 Å². The number of hydrogen-bond donors (Lipinski definition) is 2. The van der Waals surface area contributed by atoms with Gasteiger partial charge in [0, 0.05) is 4.88 Å². The number of hydrogen-bond acceptors (Lipinski definition) is 6. The van der Waals surface area contributed by atoms with Crippen LogP contribution >= 0.6 is 23.1 Å². The lowest BCUT2D eigenvalue weighted by atomic mass is 9.86. The summed E-state index contributed by atoms with van der Waals surface area (Å²) in [6.45, 7) is 0. The first kappa shape index (κ1) is 11.7. The first-order valence-corrected chi connectivity index (χ1v) is 6.47. The van der Waals surface area contributed by atoms with E-state index in [1.54, 1.807) is 0 Å². The van der Waals surface area contributed by atoms with Crippen molar-refractivity contribution in [3.8, 4) is 12.1 Å². The number of thiophene rings is 1. The van der Waals surface area contributed by atoms with Crippen molar-refractivity contribution in [2.75, 3.05) is 0 Å². The van der Waals surface area contributed by atoms with Crippen LogP contribution in [0.1, 0.15) is 10.8 Å². The van der Waals surface area contributed by atoms with Crippen molar-refractivity contribution in [2.24, 2.45) is 11.7 Å². The van der Waals surface area contributed by atoms with Crippen LogP contribution in [-0.2, 0) is 0 Å². The lowest BCUT2D eigenvalue weighted by Gasteiger charge is -2.26. The molecule has 0 amide bonds. The molecular formula is C11H8N4S2. The average molecular weight is 260 g/mol. The number of nitrogens with one attached hydrogen (secondary N) is 1. The summed E-state index contributed by atoms with van der Waals surface area (Å²) in [4.78, 5) is 0.904. The maximum atomic E-state index is 9.16. The van der Waals surface area contributed by atoms with Gasteiger partial charge in [-0.05, 0) is 11.4 Å². The Morgan fingerprint density at radius 3 is 2.71 bits per heavy atom. The second-order valence-corrected chi connectivity index (χ2v) is 5.52. The molecule has 0 spiro atoms. The van der Waals surface area contributed by atoms with Crippen molar-refractivity contribution >= 4 is 28.1 Å². The van der Waals surface area contributed by atoms with Gasteiger partial charge >= 0.3 is 0 Å². The van der Waals surface area contributed by atoms with E-state index < -0.39 is 11.8 Å². The zero-order valence-corrected chi connectivity index (χ0v) is 10.3. The molecular weight excluding hydrogens is 252 g/mol. The summed E-state index contributed by atoms with van der Waals surface area (Å²) in [5.74, 6) is -1.00. The minimum atomic E-state index is -0.611. The number of thioether (sulfide) groups is 1. The quantitative estimate of drug-likeness (QED) is 0.810. The number of nitrogens with two attached hydrogens (primary N) is 1.